The highest BCUT2D eigenvalue weighted by Gasteiger charge is 2.27. The van der Waals surface area contributed by atoms with E-state index in [0.29, 0.717) is 13.2 Å². The molecule has 0 aliphatic heterocycles. The van der Waals surface area contributed by atoms with Gasteiger partial charge in [0.25, 0.3) is 6.47 Å². The zero-order chi connectivity index (χ0) is 10.2. The van der Waals surface area contributed by atoms with Gasteiger partial charge in [-0.05, 0) is 12.8 Å². The quantitative estimate of drug-likeness (QED) is 0.429. The minimum absolute atomic E-state index is 0.276. The molecular weight excluding hydrogens is 172 g/mol. The Morgan fingerprint density at radius 1 is 1.23 bits per heavy atom. The molecule has 0 atom stereocenters. The van der Waals surface area contributed by atoms with Gasteiger partial charge >= 0.3 is 5.97 Å². The van der Waals surface area contributed by atoms with E-state index in [1.807, 2.05) is 13.8 Å². The highest BCUT2D eigenvalue weighted by molar-refractivity contribution is 5.37. The van der Waals surface area contributed by atoms with E-state index < -0.39 is 5.97 Å². The molecule has 0 spiro atoms. The Morgan fingerprint density at radius 3 is 2.00 bits per heavy atom. The summed E-state index contributed by atoms with van der Waals surface area (Å²) in [5, 5.41) is 0. The average Bonchev–Trinajstić information content (AvgIpc) is 2.12. The molecule has 0 fully saturated rings. The third-order valence-electron chi connectivity index (χ3n) is 1.28. The van der Waals surface area contributed by atoms with Gasteiger partial charge in [0.05, 0.1) is 20.1 Å². The smallest absolute Gasteiger partial charge is 0.329 e. The molecule has 4 heteroatoms. The Morgan fingerprint density at radius 2 is 1.69 bits per heavy atom. The van der Waals surface area contributed by atoms with Crippen molar-refractivity contribution in [1.82, 2.24) is 0 Å². The predicted molar refractivity (Wildman–Crippen MR) is 47.7 cm³/mol. The molecule has 77 valence electrons. The van der Waals surface area contributed by atoms with Gasteiger partial charge in [-0.15, -0.1) is 0 Å². The second-order valence-corrected chi connectivity index (χ2v) is 2.59. The van der Waals surface area contributed by atoms with Crippen molar-refractivity contribution in [1.29, 1.82) is 0 Å². The van der Waals surface area contributed by atoms with E-state index in [-0.39, 0.29) is 6.47 Å². The maximum atomic E-state index is 10.1. The van der Waals surface area contributed by atoms with Crippen LogP contribution < -0.4 is 0 Å². The van der Waals surface area contributed by atoms with Gasteiger partial charge in [0, 0.05) is 0 Å². The minimum Gasteiger partial charge on any atom is -0.410 e. The molecule has 0 aromatic carbocycles. The van der Waals surface area contributed by atoms with Crippen LogP contribution in [0, 0.1) is 6.92 Å². The molecule has 0 amide bonds. The van der Waals surface area contributed by atoms with Crippen molar-refractivity contribution in [2.75, 3.05) is 13.2 Å². The summed E-state index contributed by atoms with van der Waals surface area (Å²) in [5.74, 6) is -1.46. The minimum atomic E-state index is -1.46. The maximum absolute atomic E-state index is 10.1. The van der Waals surface area contributed by atoms with Crippen LogP contribution in [0.3, 0.4) is 0 Å². The van der Waals surface area contributed by atoms with Crippen LogP contribution >= 0.6 is 0 Å². The molecule has 0 unspecified atom stereocenters. The fourth-order valence-electron chi connectivity index (χ4n) is 0.698. The molecule has 13 heavy (non-hydrogen) atoms. The van der Waals surface area contributed by atoms with E-state index in [0.717, 1.165) is 12.8 Å². The number of hydrogen-bond acceptors (Lipinski definition) is 4. The van der Waals surface area contributed by atoms with Gasteiger partial charge in [-0.1, -0.05) is 13.8 Å². The number of ether oxygens (including phenoxy) is 3. The Bertz CT molecular complexity index is 128. The summed E-state index contributed by atoms with van der Waals surface area (Å²) in [4.78, 5) is 10.1. The van der Waals surface area contributed by atoms with Gasteiger partial charge in [-0.2, -0.15) is 0 Å². The van der Waals surface area contributed by atoms with Crippen LogP contribution in [0.2, 0.25) is 0 Å². The zero-order valence-corrected chi connectivity index (χ0v) is 8.25. The van der Waals surface area contributed by atoms with E-state index >= 15 is 0 Å². The molecular formula is C9H17O4. The highest BCUT2D eigenvalue weighted by atomic mass is 16.9. The fourth-order valence-corrected chi connectivity index (χ4v) is 0.698. The van der Waals surface area contributed by atoms with Crippen LogP contribution in [0.15, 0.2) is 0 Å². The monoisotopic (exact) mass is 189 g/mol. The van der Waals surface area contributed by atoms with E-state index in [4.69, 9.17) is 9.47 Å². The molecule has 0 N–H and O–H groups in total. The fraction of sp³-hybridized carbons (Fsp3) is 0.778. The van der Waals surface area contributed by atoms with Crippen LogP contribution in [-0.2, 0) is 19.0 Å². The molecule has 0 heterocycles. The lowest BCUT2D eigenvalue weighted by Gasteiger charge is -2.26. The first kappa shape index (κ1) is 12.4. The van der Waals surface area contributed by atoms with Crippen molar-refractivity contribution in [2.45, 2.75) is 32.7 Å². The molecule has 0 saturated heterocycles. The number of carbonyl (C=O) groups excluding carboxylic acids is 1. The Kier molecular flexibility index (Phi) is 6.54. The lowest BCUT2D eigenvalue weighted by Crippen LogP contribution is -2.36. The van der Waals surface area contributed by atoms with E-state index in [1.54, 1.807) is 0 Å². The molecule has 4 nitrogen and oxygen atoms in total. The lowest BCUT2D eigenvalue weighted by molar-refractivity contribution is -0.330. The molecule has 0 aliphatic carbocycles. The summed E-state index contributed by atoms with van der Waals surface area (Å²) in [5.41, 5.74) is 0. The largest absolute Gasteiger partial charge is 0.410 e. The molecule has 0 aromatic rings. The van der Waals surface area contributed by atoms with Crippen molar-refractivity contribution >= 4 is 6.47 Å². The second kappa shape index (κ2) is 6.86. The summed E-state index contributed by atoms with van der Waals surface area (Å²) in [6.45, 7) is 8.59. The summed E-state index contributed by atoms with van der Waals surface area (Å²) in [6.07, 6.45) is 1.63. The molecule has 0 rings (SSSR count). The Hall–Kier alpha value is -0.610. The SMILES string of the molecule is [CH2]C(OC=O)(OCCC)OCCC. The summed E-state index contributed by atoms with van der Waals surface area (Å²) < 4.78 is 14.9. The highest BCUT2D eigenvalue weighted by Crippen LogP contribution is 2.13. The van der Waals surface area contributed by atoms with E-state index in [2.05, 4.69) is 11.7 Å². The Balaban J connectivity index is 3.90. The lowest BCUT2D eigenvalue weighted by atomic mass is 10.5. The molecule has 1 radical (unpaired) electrons. The number of rotatable bonds is 8. The normalized spacial score (nSPS) is 11.3. The van der Waals surface area contributed by atoms with Crippen molar-refractivity contribution in [3.05, 3.63) is 6.92 Å². The van der Waals surface area contributed by atoms with Crippen molar-refractivity contribution in [3.8, 4) is 0 Å². The topological polar surface area (TPSA) is 44.8 Å². The maximum Gasteiger partial charge on any atom is 0.329 e. The molecule has 0 saturated carbocycles. The Labute approximate surface area is 79.2 Å². The summed E-state index contributed by atoms with van der Waals surface area (Å²) in [6, 6.07) is 0. The summed E-state index contributed by atoms with van der Waals surface area (Å²) >= 11 is 0. The van der Waals surface area contributed by atoms with E-state index in [9.17, 15) is 4.79 Å². The van der Waals surface area contributed by atoms with Gasteiger partial charge in [0.2, 0.25) is 0 Å². The van der Waals surface area contributed by atoms with Gasteiger partial charge in [-0.25, -0.2) is 0 Å². The standard InChI is InChI=1S/C9H17O4/c1-4-6-11-9(3,13-8-10)12-7-5-2/h8H,3-7H2,1-2H3. The predicted octanol–water partition coefficient (Wildman–Crippen LogP) is 1.50. The summed E-state index contributed by atoms with van der Waals surface area (Å²) in [7, 11) is 0. The van der Waals surface area contributed by atoms with Gasteiger partial charge < -0.3 is 14.2 Å². The first-order valence-electron chi connectivity index (χ1n) is 4.43. The number of hydrogen-bond donors (Lipinski definition) is 0. The van der Waals surface area contributed by atoms with Gasteiger partial charge in [-0.3, -0.25) is 4.79 Å². The zero-order valence-electron chi connectivity index (χ0n) is 8.25. The van der Waals surface area contributed by atoms with E-state index in [1.165, 1.54) is 0 Å². The first-order valence-corrected chi connectivity index (χ1v) is 4.43. The molecule has 0 aromatic heterocycles. The molecule has 0 aliphatic rings. The van der Waals surface area contributed by atoms with Crippen LogP contribution in [-0.4, -0.2) is 25.7 Å². The van der Waals surface area contributed by atoms with Crippen LogP contribution in [0.4, 0.5) is 0 Å². The molecule has 0 bridgehead atoms. The first-order chi connectivity index (χ1) is 6.18. The van der Waals surface area contributed by atoms with Crippen LogP contribution in [0.5, 0.6) is 0 Å². The van der Waals surface area contributed by atoms with Gasteiger partial charge in [0.1, 0.15) is 0 Å². The third kappa shape index (κ3) is 5.60. The van der Waals surface area contributed by atoms with Gasteiger partial charge in [0.15, 0.2) is 0 Å². The van der Waals surface area contributed by atoms with Crippen LogP contribution in [0.25, 0.3) is 0 Å². The van der Waals surface area contributed by atoms with Crippen molar-refractivity contribution in [3.63, 3.8) is 0 Å². The second-order valence-electron chi connectivity index (χ2n) is 2.59. The third-order valence-corrected chi connectivity index (χ3v) is 1.28. The van der Waals surface area contributed by atoms with Crippen molar-refractivity contribution < 1.29 is 19.0 Å². The van der Waals surface area contributed by atoms with Crippen LogP contribution in [0.1, 0.15) is 26.7 Å². The van der Waals surface area contributed by atoms with Crippen molar-refractivity contribution in [2.24, 2.45) is 0 Å². The number of carbonyl (C=O) groups is 1. The average molecular weight is 189 g/mol.